The molecule has 3 saturated carbocycles. The van der Waals surface area contributed by atoms with Crippen LogP contribution < -0.4 is 0 Å². The molecular weight excluding hydrogens is 310 g/mol. The van der Waals surface area contributed by atoms with Gasteiger partial charge >= 0.3 is 0 Å². The van der Waals surface area contributed by atoms with Gasteiger partial charge in [-0.25, -0.2) is 0 Å². The average molecular weight is 344 g/mol. The third-order valence-electron chi connectivity index (χ3n) is 8.61. The Kier molecular flexibility index (Phi) is 3.87. The first kappa shape index (κ1) is 17.5. The number of hydrogen-bond acceptors (Lipinski definition) is 3. The number of ether oxygens (including phenoxy) is 1. The predicted molar refractivity (Wildman–Crippen MR) is 101 cm³/mol. The number of allylic oxidation sites excluding steroid dienone is 3. The van der Waals surface area contributed by atoms with Gasteiger partial charge in [-0.3, -0.25) is 0 Å². The van der Waals surface area contributed by atoms with Crippen LogP contribution in [0.5, 0.6) is 0 Å². The van der Waals surface area contributed by atoms with Crippen LogP contribution in [0.2, 0.25) is 0 Å². The van der Waals surface area contributed by atoms with Gasteiger partial charge in [-0.15, -0.1) is 0 Å². The van der Waals surface area contributed by atoms with Crippen LogP contribution in [0.4, 0.5) is 0 Å². The Morgan fingerprint density at radius 2 is 1.92 bits per heavy atom. The summed E-state index contributed by atoms with van der Waals surface area (Å²) in [6.07, 6.45) is 11.8. The van der Waals surface area contributed by atoms with Crippen LogP contribution in [-0.4, -0.2) is 30.6 Å². The van der Waals surface area contributed by atoms with Crippen LogP contribution in [0.15, 0.2) is 23.8 Å². The summed E-state index contributed by atoms with van der Waals surface area (Å²) in [5, 5.41) is 18.9. The Labute approximate surface area is 152 Å². The third kappa shape index (κ3) is 2.21. The van der Waals surface area contributed by atoms with E-state index in [0.29, 0.717) is 23.5 Å². The summed E-state index contributed by atoms with van der Waals surface area (Å²) in [5.41, 5.74) is 2.35. The molecule has 0 aromatic heterocycles. The lowest BCUT2D eigenvalue weighted by Crippen LogP contribution is -2.58. The lowest BCUT2D eigenvalue weighted by molar-refractivity contribution is -0.129. The molecule has 2 N–H and O–H groups in total. The van der Waals surface area contributed by atoms with Crippen molar-refractivity contribution < 1.29 is 9.84 Å². The number of fused-ring (bicyclic) bond motifs is 5. The molecule has 25 heavy (non-hydrogen) atoms. The van der Waals surface area contributed by atoms with Gasteiger partial charge in [0.25, 0.3) is 0 Å². The summed E-state index contributed by atoms with van der Waals surface area (Å²) >= 11 is 0. The molecule has 4 rings (SSSR count). The number of nitrogens with one attached hydrogen (secondary N) is 1. The zero-order chi connectivity index (χ0) is 18.0. The van der Waals surface area contributed by atoms with Gasteiger partial charge in [-0.2, -0.15) is 0 Å². The number of hydrogen-bond donors (Lipinski definition) is 2. The first-order chi connectivity index (χ1) is 11.8. The normalized spacial score (nSPS) is 51.6. The fourth-order valence-electron chi connectivity index (χ4n) is 7.53. The number of rotatable bonds is 2. The second-order valence-corrected chi connectivity index (χ2v) is 9.78. The second kappa shape index (κ2) is 5.53. The van der Waals surface area contributed by atoms with Crippen molar-refractivity contribution in [2.75, 3.05) is 13.7 Å². The molecule has 4 aliphatic carbocycles. The summed E-state index contributed by atoms with van der Waals surface area (Å²) in [6.45, 7) is 7.95. The third-order valence-corrected chi connectivity index (χ3v) is 8.61. The summed E-state index contributed by atoms with van der Waals surface area (Å²) in [7, 11) is 1.79. The Morgan fingerprint density at radius 1 is 1.16 bits per heavy atom. The van der Waals surface area contributed by atoms with Gasteiger partial charge in [0.1, 0.15) is 0 Å². The summed E-state index contributed by atoms with van der Waals surface area (Å²) < 4.78 is 5.61. The van der Waals surface area contributed by atoms with Crippen molar-refractivity contribution in [1.82, 2.24) is 0 Å². The fraction of sp³-hybridized carbons (Fsp3) is 0.773. The van der Waals surface area contributed by atoms with Crippen LogP contribution in [0, 0.1) is 39.4 Å². The molecule has 0 amide bonds. The van der Waals surface area contributed by atoms with Gasteiger partial charge in [-0.05, 0) is 66.9 Å². The van der Waals surface area contributed by atoms with Gasteiger partial charge in [0, 0.05) is 18.4 Å². The smallest absolute Gasteiger partial charge is 0.0596 e. The van der Waals surface area contributed by atoms with Crippen molar-refractivity contribution in [1.29, 1.82) is 5.41 Å². The van der Waals surface area contributed by atoms with E-state index in [1.54, 1.807) is 7.11 Å². The molecule has 3 nitrogen and oxygen atoms in total. The molecule has 3 heteroatoms. The van der Waals surface area contributed by atoms with E-state index in [1.165, 1.54) is 12.0 Å². The summed E-state index contributed by atoms with van der Waals surface area (Å²) in [4.78, 5) is 0. The van der Waals surface area contributed by atoms with Gasteiger partial charge in [0.05, 0.1) is 18.4 Å². The van der Waals surface area contributed by atoms with Crippen molar-refractivity contribution in [3.8, 4) is 0 Å². The number of methoxy groups -OCH3 is 1. The standard InChI is InChI=1S/C22H33NO2/c1-20-9-7-15(23)11-16(20)14(13-25-4)12-22(3)17-5-6-19(24)21(17,2)10-8-18(20)22/h7,9,11,14,17-19,23-24H,5-6,8,10,12-13H2,1-4H3/t14-,17-,18-,19+,20+,21+,22+/m1/s1. The summed E-state index contributed by atoms with van der Waals surface area (Å²) in [5.74, 6) is 1.55. The van der Waals surface area contributed by atoms with E-state index in [0.717, 1.165) is 32.3 Å². The molecule has 0 aromatic rings. The van der Waals surface area contributed by atoms with E-state index in [2.05, 4.69) is 32.9 Å². The predicted octanol–water partition coefficient (Wildman–Crippen LogP) is 4.37. The topological polar surface area (TPSA) is 53.3 Å². The van der Waals surface area contributed by atoms with Crippen LogP contribution in [0.25, 0.3) is 0 Å². The van der Waals surface area contributed by atoms with E-state index in [4.69, 9.17) is 10.1 Å². The van der Waals surface area contributed by atoms with Gasteiger partial charge in [-0.1, -0.05) is 32.4 Å². The first-order valence-corrected chi connectivity index (χ1v) is 9.92. The Hall–Kier alpha value is -0.930. The lowest BCUT2D eigenvalue weighted by atomic mass is 9.40. The zero-order valence-electron chi connectivity index (χ0n) is 16.1. The SMILES string of the molecule is COC[C@H]1C[C@@]2(C)[C@@H]3CC[C@H](O)[C@@]3(C)CC[C@@H]2[C@@]2(C)C=CC(=N)C=C12. The van der Waals surface area contributed by atoms with Crippen molar-refractivity contribution >= 4 is 5.71 Å². The highest BCUT2D eigenvalue weighted by molar-refractivity contribution is 6.03. The summed E-state index contributed by atoms with van der Waals surface area (Å²) in [6, 6.07) is 0. The van der Waals surface area contributed by atoms with Crippen molar-refractivity contribution in [3.05, 3.63) is 23.8 Å². The number of aliphatic hydroxyl groups is 1. The van der Waals surface area contributed by atoms with Crippen molar-refractivity contribution in [2.45, 2.75) is 59.0 Å². The Balaban J connectivity index is 1.81. The Bertz CT molecular complexity index is 652. The quantitative estimate of drug-likeness (QED) is 0.782. The van der Waals surface area contributed by atoms with E-state index in [9.17, 15) is 5.11 Å². The highest BCUT2D eigenvalue weighted by Gasteiger charge is 2.64. The lowest BCUT2D eigenvalue weighted by Gasteiger charge is -2.64. The molecule has 0 aliphatic heterocycles. The Morgan fingerprint density at radius 3 is 2.64 bits per heavy atom. The minimum Gasteiger partial charge on any atom is -0.393 e. The van der Waals surface area contributed by atoms with Crippen LogP contribution in [0.3, 0.4) is 0 Å². The highest BCUT2D eigenvalue weighted by atomic mass is 16.5. The number of aliphatic hydroxyl groups excluding tert-OH is 1. The maximum Gasteiger partial charge on any atom is 0.0596 e. The molecule has 138 valence electrons. The molecule has 0 spiro atoms. The molecule has 0 heterocycles. The average Bonchev–Trinajstić information content (AvgIpc) is 2.86. The largest absolute Gasteiger partial charge is 0.393 e. The fourth-order valence-corrected chi connectivity index (χ4v) is 7.53. The van der Waals surface area contributed by atoms with Gasteiger partial charge in [0.15, 0.2) is 0 Å². The van der Waals surface area contributed by atoms with Crippen LogP contribution >= 0.6 is 0 Å². The zero-order valence-corrected chi connectivity index (χ0v) is 16.1. The minimum atomic E-state index is -0.143. The minimum absolute atomic E-state index is 0.0234. The maximum atomic E-state index is 10.7. The molecule has 0 unspecified atom stereocenters. The maximum absolute atomic E-state index is 10.7. The molecule has 7 atom stereocenters. The van der Waals surface area contributed by atoms with E-state index < -0.39 is 0 Å². The molecule has 0 bridgehead atoms. The van der Waals surface area contributed by atoms with Crippen molar-refractivity contribution in [3.63, 3.8) is 0 Å². The van der Waals surface area contributed by atoms with Gasteiger partial charge < -0.3 is 15.3 Å². The highest BCUT2D eigenvalue weighted by Crippen LogP contribution is 2.70. The van der Waals surface area contributed by atoms with Crippen molar-refractivity contribution in [2.24, 2.45) is 34.0 Å². The molecule has 0 radical (unpaired) electrons. The van der Waals surface area contributed by atoms with Gasteiger partial charge in [0.2, 0.25) is 0 Å². The van der Waals surface area contributed by atoms with Crippen LogP contribution in [0.1, 0.15) is 52.9 Å². The molecule has 4 aliphatic rings. The monoisotopic (exact) mass is 343 g/mol. The second-order valence-electron chi connectivity index (χ2n) is 9.78. The molecule has 3 fully saturated rings. The van der Waals surface area contributed by atoms with E-state index in [-0.39, 0.29) is 22.3 Å². The van der Waals surface area contributed by atoms with E-state index >= 15 is 0 Å². The molecule has 0 saturated heterocycles. The molecule has 0 aromatic carbocycles. The van der Waals surface area contributed by atoms with E-state index in [1.807, 2.05) is 6.08 Å². The molecular formula is C22H33NO2. The van der Waals surface area contributed by atoms with Crippen LogP contribution in [-0.2, 0) is 4.74 Å². The first-order valence-electron chi connectivity index (χ1n) is 9.92.